The van der Waals surface area contributed by atoms with Crippen molar-refractivity contribution in [3.63, 3.8) is 0 Å². The Morgan fingerprint density at radius 3 is 1.24 bits per heavy atom. The molecule has 0 unspecified atom stereocenters. The molecule has 5 aromatic rings. The second-order valence-electron chi connectivity index (χ2n) is 7.70. The van der Waals surface area contributed by atoms with Crippen LogP contribution in [0.2, 0.25) is 0 Å². The number of imidazole rings is 3. The van der Waals surface area contributed by atoms with Gasteiger partial charge in [-0.05, 0) is 24.3 Å². The summed E-state index contributed by atoms with van der Waals surface area (Å²) in [5.41, 5.74) is 1.81. The monoisotopic (exact) mass is 739 g/mol. The third-order valence-corrected chi connectivity index (χ3v) is 4.81. The minimum atomic E-state index is 0. The van der Waals surface area contributed by atoms with E-state index in [0.717, 1.165) is 28.9 Å². The van der Waals surface area contributed by atoms with Gasteiger partial charge in [0.05, 0.1) is 0 Å². The Hall–Kier alpha value is -2.56. The van der Waals surface area contributed by atoms with E-state index in [9.17, 15) is 0 Å². The number of aryl methyl sites for hydroxylation is 3. The minimum absolute atomic E-state index is 0. The molecular weight excluding hydrogens is 709 g/mol. The zero-order valence-corrected chi connectivity index (χ0v) is 26.0. The van der Waals surface area contributed by atoms with Crippen molar-refractivity contribution in [3.8, 4) is 23.0 Å². The Labute approximate surface area is 245 Å². The second-order valence-corrected chi connectivity index (χ2v) is 7.70. The normalized spacial score (nSPS) is 9.30. The van der Waals surface area contributed by atoms with Crippen molar-refractivity contribution in [2.45, 2.75) is 19.8 Å². The summed E-state index contributed by atoms with van der Waals surface area (Å²) in [5, 5.41) is 0. The van der Waals surface area contributed by atoms with Gasteiger partial charge in [-0.15, -0.1) is 0 Å². The molecule has 5 heterocycles. The molecule has 8 nitrogen and oxygen atoms in total. The summed E-state index contributed by atoms with van der Waals surface area (Å²) in [6.45, 7) is 4.28. The Bertz CT molecular complexity index is 1170. The van der Waals surface area contributed by atoms with Gasteiger partial charge in [0, 0.05) is 76.6 Å². The van der Waals surface area contributed by atoms with E-state index in [1.807, 2.05) is 96.0 Å². The number of pyridine rings is 2. The quantitative estimate of drug-likeness (QED) is 0.243. The molecule has 0 aromatic carbocycles. The molecule has 0 aliphatic rings. The van der Waals surface area contributed by atoms with Crippen LogP contribution >= 0.6 is 9.64 Å². The van der Waals surface area contributed by atoms with Gasteiger partial charge in [-0.3, -0.25) is 9.97 Å². The number of hydrogen-bond acceptors (Lipinski definition) is 5. The van der Waals surface area contributed by atoms with E-state index in [1.165, 1.54) is 17.6 Å². The average Bonchev–Trinajstić information content (AvgIpc) is 3.63. The van der Waals surface area contributed by atoms with Crippen LogP contribution in [-0.2, 0) is 38.7 Å². The molecule has 0 aliphatic heterocycles. The summed E-state index contributed by atoms with van der Waals surface area (Å²) in [6, 6.07) is 11.6. The molecule has 0 bridgehead atoms. The van der Waals surface area contributed by atoms with Crippen molar-refractivity contribution in [2.75, 3.05) is 0 Å². The Morgan fingerprint density at radius 1 is 0.595 bits per heavy atom. The molecule has 0 atom stereocenters. The number of hydrogen-bond donors (Lipinski definition) is 0. The van der Waals surface area contributed by atoms with Crippen molar-refractivity contribution in [3.05, 3.63) is 91.8 Å². The van der Waals surface area contributed by atoms with Gasteiger partial charge in [-0.2, -0.15) is 0 Å². The standard InChI is InChI=1S/2C9H9N3.C7H12N2.3ClH.Os/c2*1-12-7-6-11-9(12)8-4-2-3-5-10-8;1-6(2)7-8-4-5-9(7)3;;;;/h2*2-7H,1H3;4-6H,1-3H3;3*1H;/q;;;;;;+1/p-3. The first-order valence-electron chi connectivity index (χ1n) is 10.9. The predicted octanol–water partition coefficient (Wildman–Crippen LogP) is -0.797. The molecule has 0 N–H and O–H groups in total. The van der Waals surface area contributed by atoms with Crippen LogP contribution in [0.25, 0.3) is 23.0 Å². The zero-order valence-electron chi connectivity index (χ0n) is 21.2. The van der Waals surface area contributed by atoms with Crippen LogP contribution in [0.1, 0.15) is 25.6 Å². The maximum atomic E-state index is 4.67. The molecule has 0 spiro atoms. The molecule has 0 saturated heterocycles. The van der Waals surface area contributed by atoms with Crippen LogP contribution < -0.4 is 24.8 Å². The van der Waals surface area contributed by atoms with Crippen molar-refractivity contribution >= 4 is 9.64 Å². The van der Waals surface area contributed by atoms with E-state index < -0.39 is 0 Å². The molecule has 0 fully saturated rings. The molecular formula is C25H30Cl3N8Os-2. The fourth-order valence-corrected chi connectivity index (χ4v) is 3.15. The molecule has 0 saturated carbocycles. The average molecular weight is 739 g/mol. The SMILES string of the molecule is CC(C)c1nccn1C.Cn1ccnc1-c1ccccn1.Cn1ccnc1-c1ccccn1.[Cl-].[Cl-].[Cl][Os]. The van der Waals surface area contributed by atoms with Gasteiger partial charge < -0.3 is 38.5 Å². The van der Waals surface area contributed by atoms with Gasteiger partial charge in [0.15, 0.2) is 11.6 Å². The number of halogens is 3. The van der Waals surface area contributed by atoms with Crippen molar-refractivity contribution in [2.24, 2.45) is 21.1 Å². The molecule has 12 heteroatoms. The van der Waals surface area contributed by atoms with Gasteiger partial charge in [0.1, 0.15) is 17.2 Å². The van der Waals surface area contributed by atoms with Crippen LogP contribution in [0.5, 0.6) is 0 Å². The number of nitrogens with zero attached hydrogens (tertiary/aromatic N) is 8. The van der Waals surface area contributed by atoms with E-state index in [4.69, 9.17) is 0 Å². The van der Waals surface area contributed by atoms with Crippen LogP contribution in [0.3, 0.4) is 0 Å². The van der Waals surface area contributed by atoms with E-state index in [-0.39, 0.29) is 24.8 Å². The Morgan fingerprint density at radius 2 is 1.00 bits per heavy atom. The first-order valence-corrected chi connectivity index (χ1v) is 14.0. The van der Waals surface area contributed by atoms with Gasteiger partial charge in [-0.1, -0.05) is 26.0 Å². The summed E-state index contributed by atoms with van der Waals surface area (Å²) in [6.07, 6.45) is 14.7. The van der Waals surface area contributed by atoms with Crippen LogP contribution in [0.4, 0.5) is 0 Å². The van der Waals surface area contributed by atoms with Crippen molar-refractivity contribution < 1.29 is 42.4 Å². The van der Waals surface area contributed by atoms with Crippen LogP contribution in [-0.4, -0.2) is 38.6 Å². The van der Waals surface area contributed by atoms with Gasteiger partial charge in [-0.25, -0.2) is 15.0 Å². The first kappa shape index (κ1) is 34.4. The topological polar surface area (TPSA) is 79.2 Å². The van der Waals surface area contributed by atoms with E-state index in [0.29, 0.717) is 5.92 Å². The molecule has 5 aromatic heterocycles. The number of rotatable bonds is 3. The zero-order chi connectivity index (χ0) is 25.6. The fraction of sp³-hybridized carbons (Fsp3) is 0.240. The molecule has 0 amide bonds. The second kappa shape index (κ2) is 18.6. The maximum absolute atomic E-state index is 4.67. The summed E-state index contributed by atoms with van der Waals surface area (Å²) < 4.78 is 5.94. The molecule has 201 valence electrons. The molecule has 5 rings (SSSR count). The summed E-state index contributed by atoms with van der Waals surface area (Å²) in [7, 11) is 10.6. The van der Waals surface area contributed by atoms with Crippen molar-refractivity contribution in [1.82, 2.24) is 38.6 Å². The van der Waals surface area contributed by atoms with Gasteiger partial charge >= 0.3 is 27.2 Å². The van der Waals surface area contributed by atoms with Crippen molar-refractivity contribution in [1.29, 1.82) is 0 Å². The summed E-state index contributed by atoms with van der Waals surface area (Å²) in [4.78, 5) is 20.9. The van der Waals surface area contributed by atoms with Gasteiger partial charge in [0.25, 0.3) is 0 Å². The third kappa shape index (κ3) is 10.8. The summed E-state index contributed by atoms with van der Waals surface area (Å²) in [5.74, 6) is 3.48. The van der Waals surface area contributed by atoms with E-state index in [2.05, 4.69) is 48.4 Å². The fourth-order valence-electron chi connectivity index (χ4n) is 3.15. The molecule has 0 radical (unpaired) electrons. The van der Waals surface area contributed by atoms with Crippen LogP contribution in [0, 0.1) is 0 Å². The molecule has 37 heavy (non-hydrogen) atoms. The first-order chi connectivity index (χ1) is 17.0. The third-order valence-electron chi connectivity index (χ3n) is 4.81. The molecule has 0 aliphatic carbocycles. The Kier molecular flexibility index (Phi) is 17.4. The Balaban J connectivity index is 0.000000500. The van der Waals surface area contributed by atoms with E-state index >= 15 is 0 Å². The number of aromatic nitrogens is 8. The van der Waals surface area contributed by atoms with Gasteiger partial charge in [0.2, 0.25) is 0 Å². The summed E-state index contributed by atoms with van der Waals surface area (Å²) >= 11 is 1.33. The van der Waals surface area contributed by atoms with E-state index in [1.54, 1.807) is 24.8 Å². The predicted molar refractivity (Wildman–Crippen MR) is 136 cm³/mol. The van der Waals surface area contributed by atoms with Crippen LogP contribution in [0.15, 0.2) is 86.0 Å².